The van der Waals surface area contributed by atoms with E-state index in [2.05, 4.69) is 20.1 Å². The third-order valence-electron chi connectivity index (χ3n) is 8.73. The van der Waals surface area contributed by atoms with Crippen molar-refractivity contribution >= 4 is 32.9 Å². The Balaban J connectivity index is 1.48. The van der Waals surface area contributed by atoms with Crippen LogP contribution in [0.1, 0.15) is 36.2 Å². The molecule has 2 aliphatic heterocycles. The smallest absolute Gasteiger partial charge is 0.268 e. The predicted molar refractivity (Wildman–Crippen MR) is 161 cm³/mol. The summed E-state index contributed by atoms with van der Waals surface area (Å²) in [6.07, 6.45) is 4.34. The Morgan fingerprint density at radius 2 is 1.61 bits per heavy atom. The second-order valence-corrected chi connectivity index (χ2v) is 12.5. The summed E-state index contributed by atoms with van der Waals surface area (Å²) in [5.74, 6) is -0.487. The molecule has 0 spiro atoms. The minimum absolute atomic E-state index is 0.00807. The molecule has 3 aromatic carbocycles. The number of benzene rings is 3. The number of ether oxygens (including phenoxy) is 1. The molecule has 41 heavy (non-hydrogen) atoms. The first-order chi connectivity index (χ1) is 19.9. The standard InChI is InChI=1S/C34H34N2O4S/c1-4-25-26(5-2)34-35(32(22-40-34)23-15-9-7-10-16-23)33(37)29(25)21-28-27-19-13-14-20-31(27)36(30(28)6-3)41(38,39)24-17-11-8-12-18-24/h4,6-20,25-26,29,32,34H,1,3,5,21-22H2,2H3/t25-,26+,29+,32+,34-/m1/s1. The van der Waals surface area contributed by atoms with Gasteiger partial charge in [0.15, 0.2) is 0 Å². The number of carbonyl (C=O) groups is 1. The van der Waals surface area contributed by atoms with Crippen LogP contribution in [-0.2, 0) is 26.0 Å². The van der Waals surface area contributed by atoms with Crippen LogP contribution in [0, 0.1) is 17.8 Å². The number of allylic oxidation sites excluding steroid dienone is 1. The molecule has 7 heteroatoms. The van der Waals surface area contributed by atoms with Crippen LogP contribution in [0.2, 0.25) is 0 Å². The van der Waals surface area contributed by atoms with Crippen molar-refractivity contribution in [3.8, 4) is 0 Å². The second kappa shape index (κ2) is 10.8. The van der Waals surface area contributed by atoms with Gasteiger partial charge in [-0.05, 0) is 54.2 Å². The van der Waals surface area contributed by atoms with Crippen LogP contribution in [0.5, 0.6) is 0 Å². The fourth-order valence-electron chi connectivity index (χ4n) is 6.84. The highest BCUT2D eigenvalue weighted by atomic mass is 32.2. The van der Waals surface area contributed by atoms with Crippen molar-refractivity contribution in [2.45, 2.75) is 36.9 Å². The highest BCUT2D eigenvalue weighted by Crippen LogP contribution is 2.47. The van der Waals surface area contributed by atoms with Gasteiger partial charge in [-0.1, -0.05) is 86.3 Å². The van der Waals surface area contributed by atoms with Crippen molar-refractivity contribution in [1.82, 2.24) is 8.87 Å². The Hall–Kier alpha value is -3.94. The normalized spacial score (nSPS) is 24.4. The van der Waals surface area contributed by atoms with E-state index in [4.69, 9.17) is 4.74 Å². The maximum Gasteiger partial charge on any atom is 0.268 e. The quantitative estimate of drug-likeness (QED) is 0.230. The predicted octanol–water partition coefficient (Wildman–Crippen LogP) is 6.45. The molecule has 1 amide bonds. The Labute approximate surface area is 241 Å². The summed E-state index contributed by atoms with van der Waals surface area (Å²) in [4.78, 5) is 16.6. The third-order valence-corrected chi connectivity index (χ3v) is 10.5. The highest BCUT2D eigenvalue weighted by molar-refractivity contribution is 7.90. The highest BCUT2D eigenvalue weighted by Gasteiger charge is 2.53. The van der Waals surface area contributed by atoms with E-state index in [9.17, 15) is 13.2 Å². The molecular formula is C34H34N2O4S. The van der Waals surface area contributed by atoms with Gasteiger partial charge >= 0.3 is 0 Å². The molecule has 2 saturated heterocycles. The lowest BCUT2D eigenvalue weighted by Crippen LogP contribution is -2.55. The number of carbonyl (C=O) groups excluding carboxylic acids is 1. The first-order valence-electron chi connectivity index (χ1n) is 14.1. The molecule has 210 valence electrons. The van der Waals surface area contributed by atoms with Gasteiger partial charge in [-0.2, -0.15) is 0 Å². The average molecular weight is 567 g/mol. The number of amides is 1. The summed E-state index contributed by atoms with van der Waals surface area (Å²) in [7, 11) is -3.93. The topological polar surface area (TPSA) is 68.6 Å². The third kappa shape index (κ3) is 4.35. The fourth-order valence-corrected chi connectivity index (χ4v) is 8.42. The number of hydrogen-bond donors (Lipinski definition) is 0. The molecule has 0 N–H and O–H groups in total. The number of aromatic nitrogens is 1. The van der Waals surface area contributed by atoms with Crippen LogP contribution in [0.4, 0.5) is 0 Å². The van der Waals surface area contributed by atoms with Gasteiger partial charge in [-0.25, -0.2) is 12.4 Å². The first-order valence-corrected chi connectivity index (χ1v) is 15.5. The van der Waals surface area contributed by atoms with E-state index in [1.54, 1.807) is 36.4 Å². The molecule has 0 radical (unpaired) electrons. The molecule has 4 aromatic rings. The molecule has 3 heterocycles. The van der Waals surface area contributed by atoms with Crippen LogP contribution < -0.4 is 0 Å². The van der Waals surface area contributed by atoms with Gasteiger partial charge in [0.05, 0.1) is 28.8 Å². The lowest BCUT2D eigenvalue weighted by molar-refractivity contribution is -0.159. The lowest BCUT2D eigenvalue weighted by atomic mass is 9.72. The minimum atomic E-state index is -3.93. The Morgan fingerprint density at radius 1 is 0.951 bits per heavy atom. The zero-order chi connectivity index (χ0) is 28.7. The van der Waals surface area contributed by atoms with E-state index in [-0.39, 0.29) is 34.9 Å². The lowest BCUT2D eigenvalue weighted by Gasteiger charge is -2.45. The molecule has 0 saturated carbocycles. The van der Waals surface area contributed by atoms with E-state index >= 15 is 0 Å². The fraction of sp³-hybridized carbons (Fsp3) is 0.265. The summed E-state index contributed by atoms with van der Waals surface area (Å²) >= 11 is 0. The van der Waals surface area contributed by atoms with E-state index in [1.807, 2.05) is 65.6 Å². The van der Waals surface area contributed by atoms with E-state index in [1.165, 1.54) is 3.97 Å². The molecular weight excluding hydrogens is 532 g/mol. The van der Waals surface area contributed by atoms with E-state index in [0.717, 1.165) is 22.9 Å². The van der Waals surface area contributed by atoms with Gasteiger partial charge in [-0.15, -0.1) is 6.58 Å². The Bertz CT molecular complexity index is 1710. The van der Waals surface area contributed by atoms with Gasteiger partial charge in [0.25, 0.3) is 10.0 Å². The van der Waals surface area contributed by atoms with Crippen molar-refractivity contribution in [2.24, 2.45) is 17.8 Å². The van der Waals surface area contributed by atoms with Gasteiger partial charge in [0.2, 0.25) is 5.91 Å². The maximum absolute atomic E-state index is 14.4. The molecule has 0 aliphatic carbocycles. The van der Waals surface area contributed by atoms with E-state index < -0.39 is 15.9 Å². The van der Waals surface area contributed by atoms with Crippen LogP contribution >= 0.6 is 0 Å². The first kappa shape index (κ1) is 27.2. The molecule has 6 rings (SSSR count). The molecule has 2 fully saturated rings. The molecule has 5 atom stereocenters. The Kier molecular flexibility index (Phi) is 7.18. The van der Waals surface area contributed by atoms with Crippen molar-refractivity contribution < 1.29 is 17.9 Å². The second-order valence-electron chi connectivity index (χ2n) is 10.8. The monoisotopic (exact) mass is 566 g/mol. The maximum atomic E-state index is 14.4. The largest absolute Gasteiger partial charge is 0.355 e. The van der Waals surface area contributed by atoms with Gasteiger partial charge in [0.1, 0.15) is 6.23 Å². The molecule has 2 aliphatic rings. The molecule has 0 unspecified atom stereocenters. The van der Waals surface area contributed by atoms with Crippen LogP contribution in [0.25, 0.3) is 17.0 Å². The summed E-state index contributed by atoms with van der Waals surface area (Å²) < 4.78 is 35.6. The van der Waals surface area contributed by atoms with Crippen LogP contribution in [0.3, 0.4) is 0 Å². The number of fused-ring (bicyclic) bond motifs is 2. The molecule has 1 aromatic heterocycles. The zero-order valence-corrected chi connectivity index (χ0v) is 23.9. The summed E-state index contributed by atoms with van der Waals surface area (Å²) in [6, 6.07) is 25.7. The number of rotatable bonds is 8. The van der Waals surface area contributed by atoms with Crippen molar-refractivity contribution in [2.75, 3.05) is 6.61 Å². The summed E-state index contributed by atoms with van der Waals surface area (Å²) in [5, 5.41) is 0.796. The average Bonchev–Trinajstić information content (AvgIpc) is 3.59. The van der Waals surface area contributed by atoms with E-state index in [0.29, 0.717) is 24.2 Å². The minimum Gasteiger partial charge on any atom is -0.355 e. The van der Waals surface area contributed by atoms with Crippen molar-refractivity contribution in [1.29, 1.82) is 0 Å². The number of nitrogens with zero attached hydrogens (tertiary/aromatic N) is 2. The van der Waals surface area contributed by atoms with Crippen LogP contribution in [-0.4, -0.2) is 36.0 Å². The van der Waals surface area contributed by atoms with Crippen molar-refractivity contribution in [3.05, 3.63) is 121 Å². The summed E-state index contributed by atoms with van der Waals surface area (Å²) in [6.45, 7) is 10.7. The number of hydrogen-bond acceptors (Lipinski definition) is 4. The van der Waals surface area contributed by atoms with Gasteiger partial charge < -0.3 is 9.64 Å². The number of para-hydroxylation sites is 1. The van der Waals surface area contributed by atoms with Crippen LogP contribution in [0.15, 0.2) is 109 Å². The molecule has 0 bridgehead atoms. The van der Waals surface area contributed by atoms with Gasteiger partial charge in [0, 0.05) is 17.2 Å². The number of piperidine rings is 1. The zero-order valence-electron chi connectivity index (χ0n) is 23.1. The molecule has 6 nitrogen and oxygen atoms in total. The van der Waals surface area contributed by atoms with Gasteiger partial charge in [-0.3, -0.25) is 4.79 Å². The summed E-state index contributed by atoms with van der Waals surface area (Å²) in [5.41, 5.74) is 2.89. The SMILES string of the molecule is C=Cc1c(C[C@@H]2C(=O)N3[C@H](OC[C@H]3c3ccccc3)[C@@H](CC)[C@H]2C=C)c2ccccc2n1S(=O)(=O)c1ccccc1. The van der Waals surface area contributed by atoms with Crippen molar-refractivity contribution in [3.63, 3.8) is 0 Å². The Morgan fingerprint density at radius 3 is 2.27 bits per heavy atom.